The maximum absolute atomic E-state index is 13.9. The molecule has 2 aliphatic carbocycles. The van der Waals surface area contributed by atoms with E-state index in [1.165, 1.54) is 31.7 Å². The number of nitrogens with one attached hydrogen (secondary N) is 1. The van der Waals surface area contributed by atoms with E-state index in [0.717, 1.165) is 13.0 Å². The van der Waals surface area contributed by atoms with Gasteiger partial charge in [-0.1, -0.05) is 37.4 Å². The van der Waals surface area contributed by atoms with Gasteiger partial charge in [0, 0.05) is 17.9 Å². The quantitative estimate of drug-likeness (QED) is 0.900. The van der Waals surface area contributed by atoms with Crippen LogP contribution in [0.2, 0.25) is 5.02 Å². The standard InChI is InChI=1S/C16H21ClFNO/c1-2-19-13-10-14(16(13)8-3-4-9-16)20-15-11(17)6-5-7-12(15)18/h5-7,13-14,19H,2-4,8-10H2,1H3. The Morgan fingerprint density at radius 3 is 2.80 bits per heavy atom. The number of ether oxygens (including phenoxy) is 1. The van der Waals surface area contributed by atoms with Gasteiger partial charge in [0.1, 0.15) is 6.10 Å². The summed E-state index contributed by atoms with van der Waals surface area (Å²) in [6.07, 6.45) is 5.85. The summed E-state index contributed by atoms with van der Waals surface area (Å²) in [5, 5.41) is 3.92. The molecule has 110 valence electrons. The van der Waals surface area contributed by atoms with Crippen molar-refractivity contribution in [2.75, 3.05) is 6.54 Å². The van der Waals surface area contributed by atoms with E-state index >= 15 is 0 Å². The highest BCUT2D eigenvalue weighted by atomic mass is 35.5. The number of hydrogen-bond acceptors (Lipinski definition) is 2. The molecule has 2 saturated carbocycles. The highest BCUT2D eigenvalue weighted by Gasteiger charge is 2.57. The lowest BCUT2D eigenvalue weighted by molar-refractivity contribution is -0.0769. The van der Waals surface area contributed by atoms with Crippen LogP contribution in [0.1, 0.15) is 39.0 Å². The monoisotopic (exact) mass is 297 g/mol. The van der Waals surface area contributed by atoms with Crippen LogP contribution in [0.4, 0.5) is 4.39 Å². The van der Waals surface area contributed by atoms with Crippen LogP contribution in [0.3, 0.4) is 0 Å². The molecule has 0 aliphatic heterocycles. The molecule has 1 aromatic carbocycles. The first-order valence-electron chi connectivity index (χ1n) is 7.51. The summed E-state index contributed by atoms with van der Waals surface area (Å²) < 4.78 is 19.8. The third-order valence-corrected chi connectivity index (χ3v) is 5.25. The summed E-state index contributed by atoms with van der Waals surface area (Å²) in [4.78, 5) is 0. The van der Waals surface area contributed by atoms with Crippen LogP contribution in [-0.2, 0) is 0 Å². The third-order valence-electron chi connectivity index (χ3n) is 4.95. The SMILES string of the molecule is CCNC1CC(Oc2c(F)cccc2Cl)C12CCCC2. The minimum Gasteiger partial charge on any atom is -0.485 e. The van der Waals surface area contributed by atoms with Crippen molar-refractivity contribution in [3.8, 4) is 5.75 Å². The number of benzene rings is 1. The van der Waals surface area contributed by atoms with E-state index in [4.69, 9.17) is 16.3 Å². The van der Waals surface area contributed by atoms with Crippen molar-refractivity contribution in [1.29, 1.82) is 0 Å². The molecule has 0 bridgehead atoms. The lowest BCUT2D eigenvalue weighted by Gasteiger charge is -2.54. The van der Waals surface area contributed by atoms with Gasteiger partial charge in [-0.05, 0) is 31.5 Å². The zero-order valence-corrected chi connectivity index (χ0v) is 12.5. The topological polar surface area (TPSA) is 21.3 Å². The van der Waals surface area contributed by atoms with Crippen molar-refractivity contribution in [2.45, 2.75) is 51.2 Å². The van der Waals surface area contributed by atoms with E-state index in [-0.39, 0.29) is 23.1 Å². The fraction of sp³-hybridized carbons (Fsp3) is 0.625. The largest absolute Gasteiger partial charge is 0.485 e. The fourth-order valence-electron chi connectivity index (χ4n) is 3.89. The van der Waals surface area contributed by atoms with Gasteiger partial charge >= 0.3 is 0 Å². The molecule has 1 N–H and O–H groups in total. The van der Waals surface area contributed by atoms with E-state index in [0.29, 0.717) is 11.1 Å². The molecule has 2 fully saturated rings. The van der Waals surface area contributed by atoms with E-state index in [1.54, 1.807) is 12.1 Å². The zero-order chi connectivity index (χ0) is 14.2. The van der Waals surface area contributed by atoms with Gasteiger partial charge in [0.05, 0.1) is 5.02 Å². The predicted molar refractivity (Wildman–Crippen MR) is 78.8 cm³/mol. The van der Waals surface area contributed by atoms with Crippen LogP contribution in [0.15, 0.2) is 18.2 Å². The smallest absolute Gasteiger partial charge is 0.173 e. The summed E-state index contributed by atoms with van der Waals surface area (Å²) in [6, 6.07) is 5.20. The first kappa shape index (κ1) is 14.2. The molecule has 0 aromatic heterocycles. The van der Waals surface area contributed by atoms with E-state index < -0.39 is 0 Å². The molecule has 20 heavy (non-hydrogen) atoms. The summed E-state index contributed by atoms with van der Waals surface area (Å²) in [5.74, 6) is -0.141. The van der Waals surface area contributed by atoms with Crippen molar-refractivity contribution in [1.82, 2.24) is 5.32 Å². The Kier molecular flexibility index (Phi) is 3.91. The molecule has 4 heteroatoms. The Balaban J connectivity index is 1.78. The van der Waals surface area contributed by atoms with Crippen molar-refractivity contribution >= 4 is 11.6 Å². The van der Waals surface area contributed by atoms with E-state index in [9.17, 15) is 4.39 Å². The average molecular weight is 298 g/mol. The van der Waals surface area contributed by atoms with Gasteiger partial charge < -0.3 is 10.1 Å². The Morgan fingerprint density at radius 2 is 2.15 bits per heavy atom. The normalized spacial score (nSPS) is 27.6. The fourth-order valence-corrected chi connectivity index (χ4v) is 4.09. The lowest BCUT2D eigenvalue weighted by atomic mass is 9.60. The van der Waals surface area contributed by atoms with Crippen LogP contribution in [0.25, 0.3) is 0 Å². The van der Waals surface area contributed by atoms with Crippen LogP contribution < -0.4 is 10.1 Å². The molecule has 0 heterocycles. The second-order valence-electron chi connectivity index (χ2n) is 5.94. The molecule has 0 saturated heterocycles. The minimum atomic E-state index is -0.363. The second-order valence-corrected chi connectivity index (χ2v) is 6.35. The van der Waals surface area contributed by atoms with Crippen molar-refractivity contribution in [3.05, 3.63) is 29.0 Å². The van der Waals surface area contributed by atoms with Gasteiger partial charge in [-0.3, -0.25) is 0 Å². The number of hydrogen-bond donors (Lipinski definition) is 1. The maximum Gasteiger partial charge on any atom is 0.173 e. The summed E-state index contributed by atoms with van der Waals surface area (Å²) >= 11 is 6.07. The third kappa shape index (κ3) is 2.21. The van der Waals surface area contributed by atoms with Crippen molar-refractivity contribution in [3.63, 3.8) is 0 Å². The van der Waals surface area contributed by atoms with Crippen LogP contribution in [0.5, 0.6) is 5.75 Å². The average Bonchev–Trinajstić information content (AvgIpc) is 2.93. The summed E-state index contributed by atoms with van der Waals surface area (Å²) in [5.41, 5.74) is 0.182. The molecule has 2 aliphatic rings. The molecule has 2 atom stereocenters. The molecule has 2 unspecified atom stereocenters. The molecule has 1 aromatic rings. The first-order chi connectivity index (χ1) is 9.67. The second kappa shape index (κ2) is 5.53. The van der Waals surface area contributed by atoms with Gasteiger partial charge in [0.2, 0.25) is 0 Å². The Bertz CT molecular complexity index is 467. The summed E-state index contributed by atoms with van der Waals surface area (Å²) in [6.45, 7) is 3.10. The minimum absolute atomic E-state index is 0.0865. The van der Waals surface area contributed by atoms with Crippen LogP contribution in [0, 0.1) is 11.2 Å². The van der Waals surface area contributed by atoms with Crippen LogP contribution >= 0.6 is 11.6 Å². The Labute approximate surface area is 124 Å². The Hall–Kier alpha value is -0.800. The Morgan fingerprint density at radius 1 is 1.40 bits per heavy atom. The van der Waals surface area contributed by atoms with Gasteiger partial charge in [-0.2, -0.15) is 0 Å². The number of halogens is 2. The highest BCUT2D eigenvalue weighted by molar-refractivity contribution is 6.32. The molecular weight excluding hydrogens is 277 g/mol. The molecule has 3 rings (SSSR count). The maximum atomic E-state index is 13.9. The van der Waals surface area contributed by atoms with Gasteiger partial charge in [-0.15, -0.1) is 0 Å². The lowest BCUT2D eigenvalue weighted by Crippen LogP contribution is -2.63. The molecular formula is C16H21ClFNO. The molecule has 0 radical (unpaired) electrons. The number of rotatable bonds is 4. The predicted octanol–water partition coefficient (Wildman–Crippen LogP) is 4.17. The van der Waals surface area contributed by atoms with Crippen LogP contribution in [-0.4, -0.2) is 18.7 Å². The molecule has 1 spiro atoms. The van der Waals surface area contributed by atoms with E-state index in [1.807, 2.05) is 0 Å². The highest BCUT2D eigenvalue weighted by Crippen LogP contribution is 2.55. The van der Waals surface area contributed by atoms with Gasteiger partial charge in [0.15, 0.2) is 11.6 Å². The molecule has 2 nitrogen and oxygen atoms in total. The number of para-hydroxylation sites is 1. The molecule has 0 amide bonds. The summed E-state index contributed by atoms with van der Waals surface area (Å²) in [7, 11) is 0. The van der Waals surface area contributed by atoms with Gasteiger partial charge in [-0.25, -0.2) is 4.39 Å². The van der Waals surface area contributed by atoms with Crippen molar-refractivity contribution in [2.24, 2.45) is 5.41 Å². The zero-order valence-electron chi connectivity index (χ0n) is 11.8. The van der Waals surface area contributed by atoms with E-state index in [2.05, 4.69) is 12.2 Å². The van der Waals surface area contributed by atoms with Crippen molar-refractivity contribution < 1.29 is 9.13 Å². The first-order valence-corrected chi connectivity index (χ1v) is 7.89. The van der Waals surface area contributed by atoms with Gasteiger partial charge in [0.25, 0.3) is 0 Å².